The maximum absolute atomic E-state index is 12.1. The lowest BCUT2D eigenvalue weighted by atomic mass is 10.1. The number of rotatable bonds is 8. The number of nitrogens with zero attached hydrogens (tertiary/aromatic N) is 1. The molecule has 6 nitrogen and oxygen atoms in total. The average Bonchev–Trinajstić information content (AvgIpc) is 2.60. The van der Waals surface area contributed by atoms with Crippen LogP contribution >= 0.6 is 15.9 Å². The van der Waals surface area contributed by atoms with E-state index in [2.05, 4.69) is 21.2 Å². The van der Waals surface area contributed by atoms with Crippen molar-refractivity contribution in [2.24, 2.45) is 0 Å². The quantitative estimate of drug-likeness (QED) is 0.661. The van der Waals surface area contributed by atoms with E-state index in [1.165, 1.54) is 4.31 Å². The standard InChI is InChI=1S/C19H23BrN2O4S/c1-4-22(27(3,24)25)17-8-10-18(11-9-17)26-13-19(23)21-14(2)15-6-5-7-16(20)12-15/h5-12,14H,4,13H2,1-3H3,(H,21,23)/t14-/m0/s1. The van der Waals surface area contributed by atoms with Gasteiger partial charge in [-0.3, -0.25) is 9.10 Å². The molecule has 0 unspecified atom stereocenters. The van der Waals surface area contributed by atoms with Gasteiger partial charge in [-0.2, -0.15) is 0 Å². The zero-order chi connectivity index (χ0) is 20.0. The highest BCUT2D eigenvalue weighted by Crippen LogP contribution is 2.21. The zero-order valence-electron chi connectivity index (χ0n) is 15.5. The SMILES string of the molecule is CCN(c1ccc(OCC(=O)N[C@@H](C)c2cccc(Br)c2)cc1)S(C)(=O)=O. The Morgan fingerprint density at radius 1 is 1.22 bits per heavy atom. The average molecular weight is 455 g/mol. The van der Waals surface area contributed by atoms with Crippen molar-refractivity contribution >= 4 is 37.5 Å². The van der Waals surface area contributed by atoms with Gasteiger partial charge < -0.3 is 10.1 Å². The molecular formula is C19H23BrN2O4S. The second-order valence-electron chi connectivity index (χ2n) is 6.05. The topological polar surface area (TPSA) is 75.7 Å². The molecule has 0 heterocycles. The van der Waals surface area contributed by atoms with Gasteiger partial charge in [-0.05, 0) is 55.8 Å². The molecule has 2 rings (SSSR count). The maximum atomic E-state index is 12.1. The Labute approximate surface area is 168 Å². The zero-order valence-corrected chi connectivity index (χ0v) is 17.9. The Morgan fingerprint density at radius 2 is 1.89 bits per heavy atom. The summed E-state index contributed by atoms with van der Waals surface area (Å²) >= 11 is 3.41. The largest absolute Gasteiger partial charge is 0.484 e. The molecule has 0 saturated heterocycles. The normalized spacial score (nSPS) is 12.3. The Morgan fingerprint density at radius 3 is 2.44 bits per heavy atom. The van der Waals surface area contributed by atoms with Crippen molar-refractivity contribution in [2.45, 2.75) is 19.9 Å². The van der Waals surface area contributed by atoms with Crippen LogP contribution in [0.25, 0.3) is 0 Å². The molecule has 8 heteroatoms. The van der Waals surface area contributed by atoms with Crippen molar-refractivity contribution < 1.29 is 17.9 Å². The van der Waals surface area contributed by atoms with Crippen LogP contribution in [-0.2, 0) is 14.8 Å². The van der Waals surface area contributed by atoms with Crippen LogP contribution in [0.4, 0.5) is 5.69 Å². The van der Waals surface area contributed by atoms with E-state index in [9.17, 15) is 13.2 Å². The number of amides is 1. The van der Waals surface area contributed by atoms with Gasteiger partial charge in [0.2, 0.25) is 10.0 Å². The van der Waals surface area contributed by atoms with Crippen LogP contribution in [0.5, 0.6) is 5.75 Å². The number of carbonyl (C=O) groups is 1. The monoisotopic (exact) mass is 454 g/mol. The fourth-order valence-corrected chi connectivity index (χ4v) is 4.00. The van der Waals surface area contributed by atoms with E-state index in [-0.39, 0.29) is 18.6 Å². The minimum Gasteiger partial charge on any atom is -0.484 e. The summed E-state index contributed by atoms with van der Waals surface area (Å²) in [5.41, 5.74) is 1.54. The van der Waals surface area contributed by atoms with Gasteiger partial charge in [0, 0.05) is 11.0 Å². The lowest BCUT2D eigenvalue weighted by Gasteiger charge is -2.20. The highest BCUT2D eigenvalue weighted by atomic mass is 79.9. The van der Waals surface area contributed by atoms with Crippen LogP contribution in [0.1, 0.15) is 25.5 Å². The van der Waals surface area contributed by atoms with Gasteiger partial charge in [0.1, 0.15) is 5.75 Å². The highest BCUT2D eigenvalue weighted by Gasteiger charge is 2.15. The van der Waals surface area contributed by atoms with E-state index < -0.39 is 10.0 Å². The molecule has 0 aliphatic heterocycles. The van der Waals surface area contributed by atoms with Gasteiger partial charge in [-0.25, -0.2) is 8.42 Å². The predicted octanol–water partition coefficient (Wildman–Crippen LogP) is 3.49. The Balaban J connectivity index is 1.91. The van der Waals surface area contributed by atoms with Crippen LogP contribution < -0.4 is 14.4 Å². The van der Waals surface area contributed by atoms with Gasteiger partial charge >= 0.3 is 0 Å². The van der Waals surface area contributed by atoms with E-state index in [1.807, 2.05) is 31.2 Å². The highest BCUT2D eigenvalue weighted by molar-refractivity contribution is 9.10. The fourth-order valence-electron chi connectivity index (χ4n) is 2.61. The smallest absolute Gasteiger partial charge is 0.258 e. The molecule has 0 aromatic heterocycles. The van der Waals surface area contributed by atoms with Crippen molar-refractivity contribution in [3.05, 3.63) is 58.6 Å². The van der Waals surface area contributed by atoms with E-state index in [1.54, 1.807) is 31.2 Å². The minimum atomic E-state index is -3.32. The summed E-state index contributed by atoms with van der Waals surface area (Å²) in [5, 5.41) is 2.88. The van der Waals surface area contributed by atoms with Crippen molar-refractivity contribution in [3.63, 3.8) is 0 Å². The third-order valence-electron chi connectivity index (χ3n) is 3.91. The molecule has 146 valence electrons. The molecule has 0 fully saturated rings. The number of ether oxygens (including phenoxy) is 1. The first kappa shape index (κ1) is 21.2. The minimum absolute atomic E-state index is 0.124. The number of benzene rings is 2. The predicted molar refractivity (Wildman–Crippen MR) is 111 cm³/mol. The molecule has 2 aromatic rings. The number of anilines is 1. The summed E-state index contributed by atoms with van der Waals surface area (Å²) in [6.45, 7) is 3.89. The number of carbonyl (C=O) groups excluding carboxylic acids is 1. The molecule has 2 aromatic carbocycles. The summed E-state index contributed by atoms with van der Waals surface area (Å²) in [6.07, 6.45) is 1.16. The van der Waals surface area contributed by atoms with E-state index in [0.717, 1.165) is 16.3 Å². The summed E-state index contributed by atoms with van der Waals surface area (Å²) in [6, 6.07) is 14.2. The first-order chi connectivity index (χ1) is 12.7. The lowest BCUT2D eigenvalue weighted by Crippen LogP contribution is -2.31. The van der Waals surface area contributed by atoms with Crippen LogP contribution in [0, 0.1) is 0 Å². The summed E-state index contributed by atoms with van der Waals surface area (Å²) in [7, 11) is -3.32. The van der Waals surface area contributed by atoms with E-state index in [0.29, 0.717) is 18.0 Å². The molecule has 0 bridgehead atoms. The van der Waals surface area contributed by atoms with Gasteiger partial charge in [0.05, 0.1) is 18.0 Å². The second-order valence-corrected chi connectivity index (χ2v) is 8.88. The van der Waals surface area contributed by atoms with Gasteiger partial charge in [-0.1, -0.05) is 28.1 Å². The molecule has 1 atom stereocenters. The van der Waals surface area contributed by atoms with Gasteiger partial charge in [0.25, 0.3) is 5.91 Å². The van der Waals surface area contributed by atoms with Crippen LogP contribution in [0.15, 0.2) is 53.0 Å². The molecular weight excluding hydrogens is 432 g/mol. The van der Waals surface area contributed by atoms with Crippen LogP contribution in [0.3, 0.4) is 0 Å². The first-order valence-electron chi connectivity index (χ1n) is 8.46. The third kappa shape index (κ3) is 6.25. The first-order valence-corrected chi connectivity index (χ1v) is 11.1. The summed E-state index contributed by atoms with van der Waals surface area (Å²) in [4.78, 5) is 12.1. The van der Waals surface area contributed by atoms with Gasteiger partial charge in [0.15, 0.2) is 6.61 Å². The van der Waals surface area contributed by atoms with Crippen molar-refractivity contribution in [1.29, 1.82) is 0 Å². The van der Waals surface area contributed by atoms with Crippen molar-refractivity contribution in [3.8, 4) is 5.75 Å². The van der Waals surface area contributed by atoms with E-state index >= 15 is 0 Å². The van der Waals surface area contributed by atoms with Crippen LogP contribution in [-0.4, -0.2) is 33.7 Å². The number of nitrogens with one attached hydrogen (secondary N) is 1. The van der Waals surface area contributed by atoms with Gasteiger partial charge in [-0.15, -0.1) is 0 Å². The summed E-state index contributed by atoms with van der Waals surface area (Å²) < 4.78 is 31.2. The van der Waals surface area contributed by atoms with Crippen molar-refractivity contribution in [2.75, 3.05) is 23.7 Å². The lowest BCUT2D eigenvalue weighted by molar-refractivity contribution is -0.123. The molecule has 27 heavy (non-hydrogen) atoms. The van der Waals surface area contributed by atoms with Crippen LogP contribution in [0.2, 0.25) is 0 Å². The number of hydrogen-bond acceptors (Lipinski definition) is 4. The number of hydrogen-bond donors (Lipinski definition) is 1. The Hall–Kier alpha value is -2.06. The number of halogens is 1. The summed E-state index contributed by atoms with van der Waals surface area (Å²) in [5.74, 6) is 0.256. The molecule has 0 aliphatic carbocycles. The second kappa shape index (κ2) is 9.23. The Bertz CT molecular complexity index is 885. The molecule has 0 spiro atoms. The molecule has 0 aliphatic rings. The molecule has 1 amide bonds. The third-order valence-corrected chi connectivity index (χ3v) is 5.67. The van der Waals surface area contributed by atoms with Crippen molar-refractivity contribution in [1.82, 2.24) is 5.32 Å². The number of sulfonamides is 1. The fraction of sp³-hybridized carbons (Fsp3) is 0.316. The maximum Gasteiger partial charge on any atom is 0.258 e. The Kier molecular flexibility index (Phi) is 7.26. The molecule has 0 radical (unpaired) electrons. The van der Waals surface area contributed by atoms with E-state index in [4.69, 9.17) is 4.74 Å². The molecule has 1 N–H and O–H groups in total. The molecule has 0 saturated carbocycles.